The molecular weight excluding hydrogens is 297 g/mol. The van der Waals surface area contributed by atoms with E-state index < -0.39 is 0 Å². The van der Waals surface area contributed by atoms with Crippen molar-refractivity contribution in [2.75, 3.05) is 40.0 Å². The Balaban J connectivity index is 2.37. The van der Waals surface area contributed by atoms with Gasteiger partial charge in [0.15, 0.2) is 5.96 Å². The van der Waals surface area contributed by atoms with Gasteiger partial charge in [-0.05, 0) is 12.5 Å². The van der Waals surface area contributed by atoms with Gasteiger partial charge in [-0.2, -0.15) is 0 Å². The van der Waals surface area contributed by atoms with Crippen molar-refractivity contribution in [1.82, 2.24) is 10.6 Å². The lowest BCUT2D eigenvalue weighted by molar-refractivity contribution is 0.0698. The van der Waals surface area contributed by atoms with Crippen molar-refractivity contribution >= 4 is 5.96 Å². The van der Waals surface area contributed by atoms with Crippen LogP contribution in [0.5, 0.6) is 0 Å². The Labute approximate surface area is 137 Å². The molecule has 0 aromatic heterocycles. The number of guanidine groups is 1. The van der Waals surface area contributed by atoms with Crippen LogP contribution in [-0.4, -0.2) is 46.0 Å². The Morgan fingerprint density at radius 3 is 2.83 bits per heavy atom. The number of rotatable bonds is 11. The molecule has 0 atom stereocenters. The maximum atomic E-state index is 13.6. The van der Waals surface area contributed by atoms with Crippen LogP contribution in [0.4, 0.5) is 4.39 Å². The Morgan fingerprint density at radius 1 is 1.26 bits per heavy atom. The molecule has 0 spiro atoms. The van der Waals surface area contributed by atoms with Gasteiger partial charge < -0.3 is 20.1 Å². The molecule has 2 N–H and O–H groups in total. The molecule has 0 aliphatic carbocycles. The number of hydrogen-bond donors (Lipinski definition) is 2. The first-order valence-electron chi connectivity index (χ1n) is 7.71. The SMILES string of the molecule is C=CCNC(=NCc1ccccc1F)NCCCOCCOC. The highest BCUT2D eigenvalue weighted by molar-refractivity contribution is 5.79. The van der Waals surface area contributed by atoms with Crippen LogP contribution < -0.4 is 10.6 Å². The summed E-state index contributed by atoms with van der Waals surface area (Å²) in [5, 5.41) is 6.30. The Kier molecular flexibility index (Phi) is 10.5. The topological polar surface area (TPSA) is 54.9 Å². The molecule has 6 heteroatoms. The van der Waals surface area contributed by atoms with Gasteiger partial charge in [0, 0.05) is 32.4 Å². The highest BCUT2D eigenvalue weighted by atomic mass is 19.1. The molecule has 0 radical (unpaired) electrons. The predicted molar refractivity (Wildman–Crippen MR) is 91.1 cm³/mol. The summed E-state index contributed by atoms with van der Waals surface area (Å²) in [5.74, 6) is 0.385. The summed E-state index contributed by atoms with van der Waals surface area (Å²) in [4.78, 5) is 4.39. The first-order chi connectivity index (χ1) is 11.3. The lowest BCUT2D eigenvalue weighted by Gasteiger charge is -2.11. The van der Waals surface area contributed by atoms with E-state index in [0.29, 0.717) is 44.4 Å². The Hall–Kier alpha value is -1.92. The van der Waals surface area contributed by atoms with Crippen molar-refractivity contribution in [3.8, 4) is 0 Å². The summed E-state index contributed by atoms with van der Waals surface area (Å²) >= 11 is 0. The molecule has 1 rings (SSSR count). The fourth-order valence-electron chi connectivity index (χ4n) is 1.76. The minimum atomic E-state index is -0.245. The van der Waals surface area contributed by atoms with Crippen LogP contribution in [0.2, 0.25) is 0 Å². The standard InChI is InChI=1S/C17H26FN3O2/c1-3-9-19-17(20-10-6-11-23-13-12-22-2)21-14-15-7-4-5-8-16(15)18/h3-5,7-8H,1,6,9-14H2,2H3,(H2,19,20,21). The molecule has 0 aliphatic rings. The van der Waals surface area contributed by atoms with Crippen molar-refractivity contribution in [3.05, 3.63) is 48.3 Å². The van der Waals surface area contributed by atoms with E-state index >= 15 is 0 Å². The third-order valence-electron chi connectivity index (χ3n) is 2.97. The monoisotopic (exact) mass is 323 g/mol. The van der Waals surface area contributed by atoms with E-state index in [0.717, 1.165) is 6.42 Å². The normalized spacial score (nSPS) is 11.3. The summed E-state index contributed by atoms with van der Waals surface area (Å²) in [6, 6.07) is 6.64. The lowest BCUT2D eigenvalue weighted by atomic mass is 10.2. The number of aliphatic imine (C=N–C) groups is 1. The van der Waals surface area contributed by atoms with Crippen molar-refractivity contribution in [2.45, 2.75) is 13.0 Å². The minimum absolute atomic E-state index is 0.245. The van der Waals surface area contributed by atoms with Crippen LogP contribution in [0.3, 0.4) is 0 Å². The third-order valence-corrected chi connectivity index (χ3v) is 2.97. The second kappa shape index (κ2) is 12.6. The van der Waals surface area contributed by atoms with E-state index in [9.17, 15) is 4.39 Å². The van der Waals surface area contributed by atoms with E-state index in [1.165, 1.54) is 6.07 Å². The van der Waals surface area contributed by atoms with Gasteiger partial charge in [0.1, 0.15) is 5.82 Å². The molecule has 5 nitrogen and oxygen atoms in total. The highest BCUT2D eigenvalue weighted by Crippen LogP contribution is 2.07. The second-order valence-electron chi connectivity index (χ2n) is 4.81. The molecule has 1 aromatic rings. The van der Waals surface area contributed by atoms with Crippen LogP contribution in [0.15, 0.2) is 41.9 Å². The molecule has 1 aromatic carbocycles. The maximum Gasteiger partial charge on any atom is 0.191 e. The van der Waals surface area contributed by atoms with Crippen LogP contribution in [0, 0.1) is 5.82 Å². The van der Waals surface area contributed by atoms with Gasteiger partial charge in [0.05, 0.1) is 19.8 Å². The van der Waals surface area contributed by atoms with Gasteiger partial charge in [-0.1, -0.05) is 24.3 Å². The predicted octanol–water partition coefficient (Wildman–Crippen LogP) is 2.10. The molecule has 128 valence electrons. The molecule has 0 saturated heterocycles. The smallest absolute Gasteiger partial charge is 0.191 e. The first-order valence-corrected chi connectivity index (χ1v) is 7.71. The largest absolute Gasteiger partial charge is 0.382 e. The Bertz CT molecular complexity index is 481. The van der Waals surface area contributed by atoms with Gasteiger partial charge >= 0.3 is 0 Å². The number of halogens is 1. The molecule has 0 aliphatic heterocycles. The number of hydrogen-bond acceptors (Lipinski definition) is 3. The average molecular weight is 323 g/mol. The van der Waals surface area contributed by atoms with Crippen LogP contribution in [-0.2, 0) is 16.0 Å². The number of benzene rings is 1. The van der Waals surface area contributed by atoms with Crippen LogP contribution >= 0.6 is 0 Å². The average Bonchev–Trinajstić information content (AvgIpc) is 2.57. The number of nitrogens with one attached hydrogen (secondary N) is 2. The first kappa shape index (κ1) is 19.1. The highest BCUT2D eigenvalue weighted by Gasteiger charge is 2.01. The second-order valence-corrected chi connectivity index (χ2v) is 4.81. The van der Waals surface area contributed by atoms with E-state index in [-0.39, 0.29) is 12.4 Å². The summed E-state index contributed by atoms with van der Waals surface area (Å²) in [5.41, 5.74) is 0.565. The summed E-state index contributed by atoms with van der Waals surface area (Å²) < 4.78 is 23.9. The van der Waals surface area contributed by atoms with Crippen molar-refractivity contribution in [2.24, 2.45) is 4.99 Å². The number of nitrogens with zero attached hydrogens (tertiary/aromatic N) is 1. The fourth-order valence-corrected chi connectivity index (χ4v) is 1.76. The van der Waals surface area contributed by atoms with E-state index in [4.69, 9.17) is 9.47 Å². The van der Waals surface area contributed by atoms with Crippen molar-refractivity contribution < 1.29 is 13.9 Å². The van der Waals surface area contributed by atoms with Crippen molar-refractivity contribution in [3.63, 3.8) is 0 Å². The minimum Gasteiger partial charge on any atom is -0.382 e. The van der Waals surface area contributed by atoms with Gasteiger partial charge in [-0.15, -0.1) is 6.58 Å². The van der Waals surface area contributed by atoms with E-state index in [2.05, 4.69) is 22.2 Å². The summed E-state index contributed by atoms with van der Waals surface area (Å²) in [6.45, 7) is 7.10. The molecule has 0 amide bonds. The van der Waals surface area contributed by atoms with Gasteiger partial charge in [-0.25, -0.2) is 9.38 Å². The van der Waals surface area contributed by atoms with E-state index in [1.807, 2.05) is 0 Å². The van der Waals surface area contributed by atoms with Gasteiger partial charge in [0.25, 0.3) is 0 Å². The lowest BCUT2D eigenvalue weighted by Crippen LogP contribution is -2.38. The molecule has 23 heavy (non-hydrogen) atoms. The van der Waals surface area contributed by atoms with Gasteiger partial charge in [0.2, 0.25) is 0 Å². The molecule has 0 fully saturated rings. The number of methoxy groups -OCH3 is 1. The summed E-state index contributed by atoms with van der Waals surface area (Å²) in [7, 11) is 1.65. The maximum absolute atomic E-state index is 13.6. The molecule has 0 bridgehead atoms. The zero-order valence-electron chi connectivity index (χ0n) is 13.7. The molecule has 0 heterocycles. The summed E-state index contributed by atoms with van der Waals surface area (Å²) in [6.07, 6.45) is 2.59. The zero-order valence-corrected chi connectivity index (χ0v) is 13.7. The van der Waals surface area contributed by atoms with Gasteiger partial charge in [-0.3, -0.25) is 0 Å². The number of ether oxygens (including phenoxy) is 2. The molecule has 0 unspecified atom stereocenters. The third kappa shape index (κ3) is 8.95. The van der Waals surface area contributed by atoms with Crippen LogP contribution in [0.25, 0.3) is 0 Å². The molecule has 0 saturated carbocycles. The fraction of sp³-hybridized carbons (Fsp3) is 0.471. The van der Waals surface area contributed by atoms with E-state index in [1.54, 1.807) is 31.4 Å². The zero-order chi connectivity index (χ0) is 16.8. The van der Waals surface area contributed by atoms with Crippen molar-refractivity contribution in [1.29, 1.82) is 0 Å². The quantitative estimate of drug-likeness (QED) is 0.283. The Morgan fingerprint density at radius 2 is 2.09 bits per heavy atom. The van der Waals surface area contributed by atoms with Crippen LogP contribution in [0.1, 0.15) is 12.0 Å². The molecular formula is C17H26FN3O2.